The van der Waals surface area contributed by atoms with Crippen LogP contribution in [0.2, 0.25) is 0 Å². The van der Waals surface area contributed by atoms with E-state index in [0.29, 0.717) is 17.5 Å². The second-order valence-corrected chi connectivity index (χ2v) is 16.7. The Morgan fingerprint density at radius 3 is 1.48 bits per heavy atom. The Hall–Kier alpha value is -7.49. The maximum Gasteiger partial charge on any atom is 0.164 e. The molecule has 1 spiro atoms. The number of aromatic nitrogens is 3. The largest absolute Gasteiger partial charge is 0.208 e. The van der Waals surface area contributed by atoms with Crippen LogP contribution in [0.3, 0.4) is 0 Å². The molecule has 0 atom stereocenters. The lowest BCUT2D eigenvalue weighted by atomic mass is 9.55. The molecule has 60 heavy (non-hydrogen) atoms. The van der Waals surface area contributed by atoms with E-state index in [9.17, 15) is 0 Å². The van der Waals surface area contributed by atoms with E-state index in [-0.39, 0.29) is 5.41 Å². The molecule has 10 aromatic rings. The Bertz CT molecular complexity index is 3240. The van der Waals surface area contributed by atoms with E-state index in [0.717, 1.165) is 22.3 Å². The standard InChI is InChI=1S/C57H39N3/c1-56(2)47-23-11-13-25-49(47)57(50-26-14-12-24-48(50)56)46-33-32-41(40-31-30-37-29-28-36-16-9-10-21-42(36)44(37)34-40)35-45(46)52-43(22-15-27-51(52)57)55-59-53(38-17-5-3-6-18-38)58-54(60-55)39-19-7-4-8-20-39/h3-35H,1-2H3. The zero-order valence-corrected chi connectivity index (χ0v) is 33.4. The van der Waals surface area contributed by atoms with Crippen LogP contribution in [0.5, 0.6) is 0 Å². The third kappa shape index (κ3) is 4.93. The van der Waals surface area contributed by atoms with Crippen molar-refractivity contribution in [3.63, 3.8) is 0 Å². The van der Waals surface area contributed by atoms with E-state index in [2.05, 4.69) is 178 Å². The molecule has 3 nitrogen and oxygen atoms in total. The lowest BCUT2D eigenvalue weighted by molar-refractivity contribution is 0.563. The number of fused-ring (bicyclic) bond motifs is 12. The molecule has 0 radical (unpaired) electrons. The summed E-state index contributed by atoms with van der Waals surface area (Å²) in [6.07, 6.45) is 0. The first-order valence-corrected chi connectivity index (χ1v) is 20.8. The van der Waals surface area contributed by atoms with Crippen molar-refractivity contribution in [3.8, 4) is 56.4 Å². The molecule has 0 aliphatic heterocycles. The molecule has 2 aliphatic carbocycles. The van der Waals surface area contributed by atoms with Gasteiger partial charge in [0.1, 0.15) is 0 Å². The lowest BCUT2D eigenvalue weighted by Gasteiger charge is -2.46. The molecular formula is C57H39N3. The Morgan fingerprint density at radius 2 is 0.817 bits per heavy atom. The monoisotopic (exact) mass is 765 g/mol. The Balaban J connectivity index is 1.18. The zero-order valence-electron chi connectivity index (χ0n) is 33.4. The van der Waals surface area contributed by atoms with E-state index in [1.54, 1.807) is 0 Å². The van der Waals surface area contributed by atoms with Gasteiger partial charge in [-0.2, -0.15) is 0 Å². The average Bonchev–Trinajstić information content (AvgIpc) is 3.61. The summed E-state index contributed by atoms with van der Waals surface area (Å²) in [6, 6.07) is 72.7. The minimum absolute atomic E-state index is 0.198. The quantitative estimate of drug-likeness (QED) is 0.168. The van der Waals surface area contributed by atoms with Crippen LogP contribution in [0, 0.1) is 0 Å². The first kappa shape index (κ1) is 34.5. The molecule has 2 aliphatic rings. The Kier molecular flexibility index (Phi) is 7.49. The van der Waals surface area contributed by atoms with Crippen molar-refractivity contribution in [3.05, 3.63) is 234 Å². The van der Waals surface area contributed by atoms with E-state index in [1.165, 1.54) is 71.6 Å². The summed E-state index contributed by atoms with van der Waals surface area (Å²) in [5, 5.41) is 5.01. The van der Waals surface area contributed by atoms with Gasteiger partial charge in [0, 0.05) is 22.1 Å². The minimum Gasteiger partial charge on any atom is -0.208 e. The van der Waals surface area contributed by atoms with Crippen LogP contribution in [0.1, 0.15) is 47.2 Å². The Morgan fingerprint density at radius 1 is 0.317 bits per heavy atom. The summed E-state index contributed by atoms with van der Waals surface area (Å²) >= 11 is 0. The number of benzene rings is 9. The van der Waals surface area contributed by atoms with Gasteiger partial charge in [-0.1, -0.05) is 202 Å². The molecule has 282 valence electrons. The molecule has 0 fully saturated rings. The summed E-state index contributed by atoms with van der Waals surface area (Å²) in [5.41, 5.74) is 14.7. The Labute approximate surface area is 349 Å². The maximum atomic E-state index is 5.32. The topological polar surface area (TPSA) is 38.7 Å². The number of hydrogen-bond donors (Lipinski definition) is 0. The highest BCUT2D eigenvalue weighted by atomic mass is 15.0. The second kappa shape index (κ2) is 13.0. The fraction of sp³-hybridized carbons (Fsp3) is 0.0702. The molecule has 1 heterocycles. The molecule has 0 unspecified atom stereocenters. The summed E-state index contributed by atoms with van der Waals surface area (Å²) in [6.45, 7) is 4.75. The molecule has 0 saturated heterocycles. The summed E-state index contributed by atoms with van der Waals surface area (Å²) in [4.78, 5) is 15.7. The van der Waals surface area contributed by atoms with E-state index >= 15 is 0 Å². The molecule has 0 bridgehead atoms. The fourth-order valence-corrected chi connectivity index (χ4v) is 10.4. The van der Waals surface area contributed by atoms with Gasteiger partial charge in [0.15, 0.2) is 17.5 Å². The SMILES string of the molecule is CC1(C)c2ccccc2C2(c3ccc(-c4ccc5ccc6ccccc6c5c4)cc3-c3c(-c4nc(-c5ccccc5)nc(-c5ccccc5)n4)cccc32)c2ccccc21. The molecule has 0 saturated carbocycles. The number of rotatable bonds is 4. The van der Waals surface area contributed by atoms with Crippen molar-refractivity contribution in [2.24, 2.45) is 0 Å². The van der Waals surface area contributed by atoms with E-state index < -0.39 is 5.41 Å². The van der Waals surface area contributed by atoms with Crippen molar-refractivity contribution in [1.29, 1.82) is 0 Å². The molecular weight excluding hydrogens is 727 g/mol. The highest BCUT2D eigenvalue weighted by Crippen LogP contribution is 2.63. The second-order valence-electron chi connectivity index (χ2n) is 16.7. The van der Waals surface area contributed by atoms with Crippen LogP contribution in [0.4, 0.5) is 0 Å². The van der Waals surface area contributed by atoms with Gasteiger partial charge in [0.25, 0.3) is 0 Å². The van der Waals surface area contributed by atoms with Crippen LogP contribution in [0.25, 0.3) is 78.0 Å². The van der Waals surface area contributed by atoms with Crippen molar-refractivity contribution in [2.75, 3.05) is 0 Å². The molecule has 3 heteroatoms. The number of hydrogen-bond acceptors (Lipinski definition) is 3. The van der Waals surface area contributed by atoms with Gasteiger partial charge in [-0.3, -0.25) is 0 Å². The van der Waals surface area contributed by atoms with Gasteiger partial charge in [0.2, 0.25) is 0 Å². The van der Waals surface area contributed by atoms with Gasteiger partial charge in [-0.15, -0.1) is 0 Å². The lowest BCUT2D eigenvalue weighted by Crippen LogP contribution is -2.40. The minimum atomic E-state index is -0.570. The smallest absolute Gasteiger partial charge is 0.164 e. The maximum absolute atomic E-state index is 5.32. The van der Waals surface area contributed by atoms with Crippen molar-refractivity contribution < 1.29 is 0 Å². The van der Waals surface area contributed by atoms with Crippen LogP contribution in [0.15, 0.2) is 200 Å². The number of nitrogens with zero attached hydrogens (tertiary/aromatic N) is 3. The van der Waals surface area contributed by atoms with E-state index in [4.69, 9.17) is 15.0 Å². The molecule has 9 aromatic carbocycles. The van der Waals surface area contributed by atoms with Gasteiger partial charge in [-0.25, -0.2) is 15.0 Å². The van der Waals surface area contributed by atoms with Crippen molar-refractivity contribution >= 4 is 21.5 Å². The van der Waals surface area contributed by atoms with Crippen LogP contribution >= 0.6 is 0 Å². The van der Waals surface area contributed by atoms with Crippen LogP contribution in [-0.4, -0.2) is 15.0 Å². The normalized spacial score (nSPS) is 14.1. The zero-order chi connectivity index (χ0) is 40.0. The predicted octanol–water partition coefficient (Wildman–Crippen LogP) is 13.8. The molecule has 0 amide bonds. The molecule has 0 N–H and O–H groups in total. The highest BCUT2D eigenvalue weighted by Gasteiger charge is 2.53. The van der Waals surface area contributed by atoms with Gasteiger partial charge in [-0.05, 0) is 89.3 Å². The van der Waals surface area contributed by atoms with Crippen LogP contribution < -0.4 is 0 Å². The summed E-state index contributed by atoms with van der Waals surface area (Å²) < 4.78 is 0. The predicted molar refractivity (Wildman–Crippen MR) is 246 cm³/mol. The summed E-state index contributed by atoms with van der Waals surface area (Å²) in [7, 11) is 0. The first-order chi connectivity index (χ1) is 29.5. The average molecular weight is 766 g/mol. The van der Waals surface area contributed by atoms with Gasteiger partial charge in [0.05, 0.1) is 5.41 Å². The van der Waals surface area contributed by atoms with Crippen LogP contribution in [-0.2, 0) is 10.8 Å². The van der Waals surface area contributed by atoms with E-state index in [1.807, 2.05) is 36.4 Å². The van der Waals surface area contributed by atoms with Gasteiger partial charge >= 0.3 is 0 Å². The summed E-state index contributed by atoms with van der Waals surface area (Å²) in [5.74, 6) is 1.96. The van der Waals surface area contributed by atoms with Gasteiger partial charge < -0.3 is 0 Å². The van der Waals surface area contributed by atoms with Crippen molar-refractivity contribution in [2.45, 2.75) is 24.7 Å². The third-order valence-corrected chi connectivity index (χ3v) is 13.2. The highest BCUT2D eigenvalue weighted by molar-refractivity contribution is 6.09. The fourth-order valence-electron chi connectivity index (χ4n) is 10.4. The van der Waals surface area contributed by atoms with Crippen molar-refractivity contribution in [1.82, 2.24) is 15.0 Å². The first-order valence-electron chi connectivity index (χ1n) is 20.8. The third-order valence-electron chi connectivity index (χ3n) is 13.2. The molecule has 12 rings (SSSR count). The molecule has 1 aromatic heterocycles.